The maximum absolute atomic E-state index is 5.67. The van der Waals surface area contributed by atoms with Gasteiger partial charge in [-0.05, 0) is 159 Å². The van der Waals surface area contributed by atoms with Crippen molar-refractivity contribution in [3.8, 4) is 90.7 Å². The van der Waals surface area contributed by atoms with E-state index < -0.39 is 0 Å². The van der Waals surface area contributed by atoms with Gasteiger partial charge in [0, 0.05) is 198 Å². The van der Waals surface area contributed by atoms with Crippen LogP contribution < -0.4 is 19.6 Å². The van der Waals surface area contributed by atoms with Crippen LogP contribution in [0.4, 0.5) is 23.4 Å². The van der Waals surface area contributed by atoms with Gasteiger partial charge in [0.05, 0.1) is 141 Å². The van der Waals surface area contributed by atoms with E-state index in [9.17, 15) is 0 Å². The molecule has 20 rings (SSSR count). The van der Waals surface area contributed by atoms with Gasteiger partial charge in [-0.3, -0.25) is 18.7 Å². The molecule has 20 heterocycles. The molecule has 4 atom stereocenters. The van der Waals surface area contributed by atoms with Gasteiger partial charge in [-0.15, -0.1) is 0 Å². The number of methoxy groups -OCH3 is 1. The highest BCUT2D eigenvalue weighted by Gasteiger charge is 2.32. The van der Waals surface area contributed by atoms with Gasteiger partial charge < -0.3 is 63.2 Å². The van der Waals surface area contributed by atoms with Crippen LogP contribution >= 0.6 is 0 Å². The molecular formula is C93H111N29O5. The molecule has 34 heteroatoms. The lowest BCUT2D eigenvalue weighted by Crippen LogP contribution is -2.44. The maximum Gasteiger partial charge on any atom is 0.229 e. The number of hydrogen-bond donors (Lipinski definition) is 4. The molecule has 0 spiro atoms. The van der Waals surface area contributed by atoms with Crippen molar-refractivity contribution in [2.75, 3.05) is 112 Å². The van der Waals surface area contributed by atoms with E-state index in [4.69, 9.17) is 83.8 Å². The number of nitrogens with one attached hydrogen (secondary N) is 4. The van der Waals surface area contributed by atoms with Crippen LogP contribution in [0.5, 0.6) is 0 Å². The summed E-state index contributed by atoms with van der Waals surface area (Å²) in [5.74, 6) is 6.73. The molecule has 4 fully saturated rings. The SMILES string of the molecule is COCCn1nc(C)c(-c2cc(N3CCOC[C@H]3C)nc(-c3ccnc4[nH]ccc34)n2)c1C.Cc1nn(C(C)C)c(C)c1-c1cc(N2CCOC[C@H]2C)nc(-c2ccnc3[nH]ccc23)n1.Cc1nn(C(C)C)c(C)c1-c1nc(-c2ccnc3[nH]ccc23)cc(N2CCOC[C@H]2C)n1.Cc1nn(C)c(C)c1-c1nc(-c2ccnc3[nH]ccc23)nc(N2CCOC[C@H]2C)n1. The maximum atomic E-state index is 5.67. The van der Waals surface area contributed by atoms with Gasteiger partial charge in [0.25, 0.3) is 0 Å². The Balaban J connectivity index is 0.000000119. The topological polar surface area (TPSA) is 361 Å². The van der Waals surface area contributed by atoms with Gasteiger partial charge in [0.15, 0.2) is 29.1 Å². The predicted octanol–water partition coefficient (Wildman–Crippen LogP) is 14.6. The summed E-state index contributed by atoms with van der Waals surface area (Å²) in [5, 5.41) is 22.9. The van der Waals surface area contributed by atoms with Crippen molar-refractivity contribution in [3.63, 3.8) is 0 Å². The summed E-state index contributed by atoms with van der Waals surface area (Å²) in [4.78, 5) is 84.4. The molecule has 4 saturated heterocycles. The van der Waals surface area contributed by atoms with Crippen molar-refractivity contribution < 1.29 is 23.7 Å². The lowest BCUT2D eigenvalue weighted by Gasteiger charge is -2.34. The number of pyridine rings is 4. The molecule has 0 unspecified atom stereocenters. The Bertz CT molecular complexity index is 6420. The van der Waals surface area contributed by atoms with E-state index in [1.165, 1.54) is 0 Å². The fraction of sp³-hybridized carbons (Fsp3) is 0.409. The largest absolute Gasteiger partial charge is 0.383 e. The highest BCUT2D eigenvalue weighted by molar-refractivity contribution is 5.95. The molecule has 127 heavy (non-hydrogen) atoms. The first kappa shape index (κ1) is 86.0. The van der Waals surface area contributed by atoms with Crippen molar-refractivity contribution in [2.45, 2.75) is 154 Å². The monoisotopic (exact) mass is 1710 g/mol. The van der Waals surface area contributed by atoms with E-state index in [2.05, 4.69) is 175 Å². The first-order valence-corrected chi connectivity index (χ1v) is 43.6. The van der Waals surface area contributed by atoms with Crippen LogP contribution in [0.25, 0.3) is 135 Å². The van der Waals surface area contributed by atoms with E-state index >= 15 is 0 Å². The second-order valence-electron chi connectivity index (χ2n) is 33.6. The fourth-order valence-corrected chi connectivity index (χ4v) is 17.7. The van der Waals surface area contributed by atoms with Crippen molar-refractivity contribution in [1.29, 1.82) is 0 Å². The number of aryl methyl sites for hydroxylation is 5. The van der Waals surface area contributed by atoms with Crippen LogP contribution in [-0.4, -0.2) is 241 Å². The summed E-state index contributed by atoms with van der Waals surface area (Å²) in [6, 6.07) is 23.7. The second kappa shape index (κ2) is 36.8. The highest BCUT2D eigenvalue weighted by atomic mass is 16.5. The molecule has 16 aromatic rings. The third kappa shape index (κ3) is 17.3. The Labute approximate surface area is 736 Å². The van der Waals surface area contributed by atoms with Gasteiger partial charge >= 0.3 is 0 Å². The molecule has 0 radical (unpaired) electrons. The van der Waals surface area contributed by atoms with Gasteiger partial charge in [0.1, 0.15) is 40.0 Å². The summed E-state index contributed by atoms with van der Waals surface area (Å²) in [7, 11) is 3.64. The van der Waals surface area contributed by atoms with Crippen LogP contribution in [0.15, 0.2) is 116 Å². The molecule has 0 aliphatic carbocycles. The van der Waals surface area contributed by atoms with Crippen molar-refractivity contribution >= 4 is 67.5 Å². The minimum Gasteiger partial charge on any atom is -0.383 e. The Morgan fingerprint density at radius 2 is 0.724 bits per heavy atom. The molecule has 4 N–H and O–H groups in total. The van der Waals surface area contributed by atoms with Crippen LogP contribution in [0.1, 0.15) is 113 Å². The van der Waals surface area contributed by atoms with Crippen LogP contribution in [-0.2, 0) is 37.3 Å². The van der Waals surface area contributed by atoms with E-state index in [1.54, 1.807) is 25.7 Å². The van der Waals surface area contributed by atoms with Crippen LogP contribution in [0, 0.1) is 55.4 Å². The zero-order valence-electron chi connectivity index (χ0n) is 75.6. The highest BCUT2D eigenvalue weighted by Crippen LogP contribution is 2.40. The van der Waals surface area contributed by atoms with E-state index in [0.717, 1.165) is 195 Å². The van der Waals surface area contributed by atoms with Gasteiger partial charge in [-0.1, -0.05) is 0 Å². The summed E-state index contributed by atoms with van der Waals surface area (Å²) < 4.78 is 35.9. The van der Waals surface area contributed by atoms with Crippen molar-refractivity contribution in [1.82, 2.24) is 124 Å². The number of nitrogens with zero attached hydrogens (tertiary/aromatic N) is 25. The molecular weight excluding hydrogens is 1600 g/mol. The number of aromatic nitrogens is 25. The first-order valence-electron chi connectivity index (χ1n) is 43.6. The molecule has 658 valence electrons. The molecule has 0 saturated carbocycles. The smallest absolute Gasteiger partial charge is 0.229 e. The average Bonchev–Trinajstić information content (AvgIpc) is 1.81. The minimum absolute atomic E-state index is 0.183. The molecule has 4 aliphatic heterocycles. The number of fused-ring (bicyclic) bond motifs is 4. The summed E-state index contributed by atoms with van der Waals surface area (Å²) in [5.41, 5.74) is 21.9. The number of rotatable bonds is 17. The number of ether oxygens (including phenoxy) is 5. The lowest BCUT2D eigenvalue weighted by molar-refractivity contribution is 0.0981. The van der Waals surface area contributed by atoms with Crippen LogP contribution in [0.3, 0.4) is 0 Å². The molecule has 0 amide bonds. The molecule has 4 aliphatic rings. The fourth-order valence-electron chi connectivity index (χ4n) is 17.7. The third-order valence-electron chi connectivity index (χ3n) is 24.2. The molecule has 16 aromatic heterocycles. The summed E-state index contributed by atoms with van der Waals surface area (Å²) in [6.45, 7) is 43.5. The first-order chi connectivity index (χ1) is 61.5. The minimum atomic E-state index is 0.183. The summed E-state index contributed by atoms with van der Waals surface area (Å²) >= 11 is 0. The number of H-pyrrole nitrogens is 4. The standard InChI is InChI=1S/C24H29N7O2.2C24H29N7O.C21H24N8O/c1-15-14-33-12-9-30(15)21-13-20(22-16(2)29-31(17(22)3)10-11-32-4)27-24(28-21)19-6-8-26-23-18(19)5-7-25-23;1-14(2)31-17(5)22(16(4)29-31)20-12-21(30-10-11-32-13-15(30)3)28-24(27-20)19-7-9-26-23-18(19)6-8-25-23;1-14(2)31-17(5)22(16(4)29-31)24-27-20(18-6-8-25-23-19(18)7-9-26-23)12-21(28-24)30-10-11-32-13-15(30)3;1-12-11-30-10-9-29(12)21-25-19(16-6-8-23-18-15(16)5-7-22-18)24-20(26-21)17-13(2)27-28(4)14(17)3/h5-8,13,15H,9-12,14H2,1-4H3,(H,25,26);2*6-9,12,14-15H,10-11,13H2,1-5H3,(H,25,26);5-8,12H,9-11H2,1-4H3,(H,22,23)/t3*15-;12-/m1111/s1. The van der Waals surface area contributed by atoms with Crippen LogP contribution in [0.2, 0.25) is 0 Å². The quantitative estimate of drug-likeness (QED) is 0.0658. The van der Waals surface area contributed by atoms with Gasteiger partial charge in [0.2, 0.25) is 5.95 Å². The zero-order chi connectivity index (χ0) is 88.6. The number of morpholine rings is 4. The zero-order valence-corrected chi connectivity index (χ0v) is 75.6. The number of aromatic amines is 4. The molecule has 0 aromatic carbocycles. The normalized spacial score (nSPS) is 16.9. The van der Waals surface area contributed by atoms with Gasteiger partial charge in [-0.2, -0.15) is 30.4 Å². The number of hydrogen-bond acceptors (Lipinski definition) is 26. The Hall–Kier alpha value is -13.2. The van der Waals surface area contributed by atoms with Gasteiger partial charge in [-0.25, -0.2) is 54.8 Å². The van der Waals surface area contributed by atoms with E-state index in [1.807, 2.05) is 124 Å². The summed E-state index contributed by atoms with van der Waals surface area (Å²) in [6.07, 6.45) is 14.8. The Morgan fingerprint density at radius 1 is 0.378 bits per heavy atom. The number of anilines is 4. The van der Waals surface area contributed by atoms with Crippen molar-refractivity contribution in [2.24, 2.45) is 7.05 Å². The molecule has 0 bridgehead atoms. The third-order valence-corrected chi connectivity index (χ3v) is 24.2. The average molecular weight is 1720 g/mol. The Kier molecular flexibility index (Phi) is 24.9. The van der Waals surface area contributed by atoms with Crippen molar-refractivity contribution in [3.05, 3.63) is 162 Å². The lowest BCUT2D eigenvalue weighted by atomic mass is 10.1. The van der Waals surface area contributed by atoms with E-state index in [0.29, 0.717) is 101 Å². The molecule has 34 nitrogen and oxygen atoms in total. The second-order valence-corrected chi connectivity index (χ2v) is 33.6. The Morgan fingerprint density at radius 3 is 1.14 bits per heavy atom. The predicted molar refractivity (Wildman–Crippen MR) is 493 cm³/mol. The van der Waals surface area contributed by atoms with E-state index in [-0.39, 0.29) is 36.3 Å².